The Labute approximate surface area is 136 Å². The summed E-state index contributed by atoms with van der Waals surface area (Å²) in [5.41, 5.74) is -1.04. The van der Waals surface area contributed by atoms with Crippen molar-refractivity contribution in [3.8, 4) is 0 Å². The minimum absolute atomic E-state index is 0.0210. The van der Waals surface area contributed by atoms with Crippen molar-refractivity contribution in [3.05, 3.63) is 28.8 Å². The second-order valence-corrected chi connectivity index (χ2v) is 6.16. The van der Waals surface area contributed by atoms with Crippen LogP contribution in [-0.2, 0) is 15.8 Å². The van der Waals surface area contributed by atoms with Gasteiger partial charge in [0.05, 0.1) is 17.1 Å². The monoisotopic (exact) mass is 348 g/mol. The standard InChI is InChI=1S/C15H16ClF3N2O2/c1-8-5-10(8)14(23)21(2)7-13(22)20-9-3-4-12(16)11(6-9)15(17,18)19/h3-4,6,8,10H,5,7H2,1-2H3,(H,20,22)/t8-,10-/m1/s1. The summed E-state index contributed by atoms with van der Waals surface area (Å²) in [5, 5.41) is 1.91. The number of rotatable bonds is 4. The van der Waals surface area contributed by atoms with Crippen molar-refractivity contribution in [1.29, 1.82) is 0 Å². The van der Waals surface area contributed by atoms with Gasteiger partial charge in [0, 0.05) is 18.7 Å². The van der Waals surface area contributed by atoms with E-state index in [1.807, 2.05) is 6.92 Å². The molecule has 0 radical (unpaired) electrons. The predicted molar refractivity (Wildman–Crippen MR) is 80.0 cm³/mol. The van der Waals surface area contributed by atoms with E-state index in [1.165, 1.54) is 18.0 Å². The van der Waals surface area contributed by atoms with Gasteiger partial charge in [-0.25, -0.2) is 0 Å². The van der Waals surface area contributed by atoms with Crippen molar-refractivity contribution in [2.45, 2.75) is 19.5 Å². The number of halogens is 4. The number of carbonyl (C=O) groups excluding carboxylic acids is 2. The highest BCUT2D eigenvalue weighted by Crippen LogP contribution is 2.39. The lowest BCUT2D eigenvalue weighted by molar-refractivity contribution is -0.137. The Morgan fingerprint density at radius 1 is 1.39 bits per heavy atom. The van der Waals surface area contributed by atoms with E-state index in [0.29, 0.717) is 5.92 Å². The Kier molecular flexibility index (Phi) is 4.89. The summed E-state index contributed by atoms with van der Waals surface area (Å²) >= 11 is 5.51. The maximum Gasteiger partial charge on any atom is 0.417 e. The van der Waals surface area contributed by atoms with Crippen LogP contribution < -0.4 is 5.32 Å². The Morgan fingerprint density at radius 3 is 2.52 bits per heavy atom. The molecule has 4 nitrogen and oxygen atoms in total. The van der Waals surface area contributed by atoms with Crippen LogP contribution in [0.4, 0.5) is 18.9 Å². The Bertz CT molecular complexity index is 634. The molecule has 2 amide bonds. The van der Waals surface area contributed by atoms with Crippen LogP contribution in [0.25, 0.3) is 0 Å². The van der Waals surface area contributed by atoms with E-state index < -0.39 is 22.7 Å². The number of carbonyl (C=O) groups is 2. The van der Waals surface area contributed by atoms with Gasteiger partial charge in [0.1, 0.15) is 0 Å². The zero-order valence-electron chi connectivity index (χ0n) is 12.6. The van der Waals surface area contributed by atoms with Crippen LogP contribution in [0.5, 0.6) is 0 Å². The lowest BCUT2D eigenvalue weighted by atomic mass is 10.2. The number of hydrogen-bond donors (Lipinski definition) is 1. The average Bonchev–Trinajstić information content (AvgIpc) is 3.15. The van der Waals surface area contributed by atoms with Gasteiger partial charge in [-0.15, -0.1) is 0 Å². The third kappa shape index (κ3) is 4.37. The third-order valence-electron chi connectivity index (χ3n) is 3.74. The topological polar surface area (TPSA) is 49.4 Å². The number of anilines is 1. The number of alkyl halides is 3. The first-order valence-electron chi connectivity index (χ1n) is 7.01. The molecule has 0 heterocycles. The summed E-state index contributed by atoms with van der Waals surface area (Å²) in [7, 11) is 1.50. The van der Waals surface area contributed by atoms with Gasteiger partial charge in [-0.1, -0.05) is 18.5 Å². The first-order chi connectivity index (χ1) is 10.6. The van der Waals surface area contributed by atoms with Crippen molar-refractivity contribution >= 4 is 29.1 Å². The average molecular weight is 349 g/mol. The molecule has 1 aromatic carbocycles. The van der Waals surface area contributed by atoms with Gasteiger partial charge in [-0.05, 0) is 30.5 Å². The number of amides is 2. The smallest absolute Gasteiger partial charge is 0.336 e. The van der Waals surface area contributed by atoms with Crippen molar-refractivity contribution < 1.29 is 22.8 Å². The van der Waals surface area contributed by atoms with E-state index in [4.69, 9.17) is 11.6 Å². The van der Waals surface area contributed by atoms with E-state index in [-0.39, 0.29) is 24.1 Å². The molecule has 0 bridgehead atoms. The number of nitrogens with one attached hydrogen (secondary N) is 1. The summed E-state index contributed by atoms with van der Waals surface area (Å²) in [6, 6.07) is 3.12. The second kappa shape index (κ2) is 6.39. The van der Waals surface area contributed by atoms with E-state index in [9.17, 15) is 22.8 Å². The van der Waals surface area contributed by atoms with Gasteiger partial charge < -0.3 is 10.2 Å². The van der Waals surface area contributed by atoms with Crippen LogP contribution in [0.1, 0.15) is 18.9 Å². The summed E-state index contributed by atoms with van der Waals surface area (Å²) < 4.78 is 38.3. The fourth-order valence-electron chi connectivity index (χ4n) is 2.26. The summed E-state index contributed by atoms with van der Waals surface area (Å²) in [4.78, 5) is 25.1. The highest BCUT2D eigenvalue weighted by molar-refractivity contribution is 6.31. The molecule has 1 fully saturated rings. The molecular formula is C15H16ClF3N2O2. The summed E-state index contributed by atoms with van der Waals surface area (Å²) in [5.74, 6) is -0.428. The molecule has 0 unspecified atom stereocenters. The van der Waals surface area contributed by atoms with Gasteiger partial charge in [-0.2, -0.15) is 13.2 Å². The van der Waals surface area contributed by atoms with Crippen LogP contribution >= 0.6 is 11.6 Å². The van der Waals surface area contributed by atoms with Gasteiger partial charge in [-0.3, -0.25) is 9.59 Å². The maximum absolute atomic E-state index is 12.8. The van der Waals surface area contributed by atoms with Crippen LogP contribution in [0, 0.1) is 11.8 Å². The third-order valence-corrected chi connectivity index (χ3v) is 4.07. The Balaban J connectivity index is 1.99. The molecule has 23 heavy (non-hydrogen) atoms. The van der Waals surface area contributed by atoms with Crippen molar-refractivity contribution in [2.75, 3.05) is 18.9 Å². The van der Waals surface area contributed by atoms with Gasteiger partial charge in [0.15, 0.2) is 0 Å². The molecule has 0 spiro atoms. The zero-order valence-corrected chi connectivity index (χ0v) is 13.3. The SMILES string of the molecule is C[C@@H]1C[C@H]1C(=O)N(C)CC(=O)Nc1ccc(Cl)c(C(F)(F)F)c1. The fourth-order valence-corrected chi connectivity index (χ4v) is 2.49. The van der Waals surface area contributed by atoms with Crippen molar-refractivity contribution in [3.63, 3.8) is 0 Å². The highest BCUT2D eigenvalue weighted by atomic mass is 35.5. The number of benzene rings is 1. The predicted octanol–water partition coefficient (Wildman–Crippen LogP) is 3.41. The van der Waals surface area contributed by atoms with Gasteiger partial charge in [0.2, 0.25) is 11.8 Å². The highest BCUT2D eigenvalue weighted by Gasteiger charge is 2.41. The largest absolute Gasteiger partial charge is 0.417 e. The summed E-state index contributed by atoms with van der Waals surface area (Å²) in [6.07, 6.45) is -3.80. The number of hydrogen-bond acceptors (Lipinski definition) is 2. The quantitative estimate of drug-likeness (QED) is 0.906. The maximum atomic E-state index is 12.8. The molecule has 1 saturated carbocycles. The molecule has 1 N–H and O–H groups in total. The zero-order chi connectivity index (χ0) is 17.4. The minimum atomic E-state index is -4.60. The molecule has 0 saturated heterocycles. The summed E-state index contributed by atoms with van der Waals surface area (Å²) in [6.45, 7) is 1.73. The van der Waals surface area contributed by atoms with Crippen LogP contribution in [0.2, 0.25) is 5.02 Å². The Morgan fingerprint density at radius 2 is 2.00 bits per heavy atom. The van der Waals surface area contributed by atoms with Crippen molar-refractivity contribution in [1.82, 2.24) is 4.90 Å². The lowest BCUT2D eigenvalue weighted by Gasteiger charge is -2.17. The molecule has 1 aliphatic carbocycles. The molecule has 1 aliphatic rings. The van der Waals surface area contributed by atoms with Crippen LogP contribution in [0.3, 0.4) is 0 Å². The molecule has 2 atom stereocenters. The molecule has 0 aliphatic heterocycles. The van der Waals surface area contributed by atoms with Gasteiger partial charge >= 0.3 is 6.18 Å². The minimum Gasteiger partial charge on any atom is -0.336 e. The Hall–Kier alpha value is -1.76. The van der Waals surface area contributed by atoms with E-state index in [2.05, 4.69) is 5.32 Å². The van der Waals surface area contributed by atoms with E-state index in [0.717, 1.165) is 18.6 Å². The van der Waals surface area contributed by atoms with Crippen molar-refractivity contribution in [2.24, 2.45) is 11.8 Å². The van der Waals surface area contributed by atoms with Gasteiger partial charge in [0.25, 0.3) is 0 Å². The first-order valence-corrected chi connectivity index (χ1v) is 7.39. The molecule has 1 aromatic rings. The first kappa shape index (κ1) is 17.6. The second-order valence-electron chi connectivity index (χ2n) is 5.75. The molecular weight excluding hydrogens is 333 g/mol. The fraction of sp³-hybridized carbons (Fsp3) is 0.467. The molecule has 2 rings (SSSR count). The molecule has 8 heteroatoms. The molecule has 0 aromatic heterocycles. The number of likely N-dealkylation sites (N-methyl/N-ethyl adjacent to an activating group) is 1. The van der Waals surface area contributed by atoms with E-state index >= 15 is 0 Å². The lowest BCUT2D eigenvalue weighted by Crippen LogP contribution is -2.36. The van der Waals surface area contributed by atoms with Crippen LogP contribution in [0.15, 0.2) is 18.2 Å². The van der Waals surface area contributed by atoms with E-state index in [1.54, 1.807) is 0 Å². The normalized spacial score (nSPS) is 20.1. The number of nitrogens with zero attached hydrogens (tertiary/aromatic N) is 1. The van der Waals surface area contributed by atoms with Crippen LogP contribution in [-0.4, -0.2) is 30.3 Å². The molecule has 126 valence electrons.